The average Bonchev–Trinajstić information content (AvgIpc) is 2.37. The van der Waals surface area contributed by atoms with E-state index in [2.05, 4.69) is 10.6 Å². The summed E-state index contributed by atoms with van der Waals surface area (Å²) in [5.74, 6) is -0.264. The van der Waals surface area contributed by atoms with Crippen molar-refractivity contribution in [3.63, 3.8) is 0 Å². The van der Waals surface area contributed by atoms with Gasteiger partial charge in [0.2, 0.25) is 5.91 Å². The number of nitrogens with one attached hydrogen (secondary N) is 2. The summed E-state index contributed by atoms with van der Waals surface area (Å²) in [6, 6.07) is -0.394. The Morgan fingerprint density at radius 1 is 1.22 bits per heavy atom. The van der Waals surface area contributed by atoms with Crippen molar-refractivity contribution >= 4 is 12.0 Å². The molecule has 0 spiro atoms. The first-order chi connectivity index (χ1) is 10.6. The monoisotopic (exact) mass is 331 g/mol. The molecule has 2 atom stereocenters. The molecule has 0 fully saturated rings. The first-order valence-corrected chi connectivity index (χ1v) is 8.08. The minimum atomic E-state index is -0.504. The Bertz CT molecular complexity index is 367. The molecule has 23 heavy (non-hydrogen) atoms. The van der Waals surface area contributed by atoms with Crippen LogP contribution in [0.15, 0.2) is 0 Å². The number of rotatable bonds is 10. The molecule has 0 saturated heterocycles. The number of nitrogens with two attached hydrogens (primary N) is 1. The van der Waals surface area contributed by atoms with Gasteiger partial charge < -0.3 is 25.8 Å². The van der Waals surface area contributed by atoms with Gasteiger partial charge in [-0.3, -0.25) is 4.79 Å². The van der Waals surface area contributed by atoms with Crippen LogP contribution in [-0.2, 0) is 14.3 Å². The third kappa shape index (κ3) is 10.9. The summed E-state index contributed by atoms with van der Waals surface area (Å²) in [6.07, 6.45) is 1.07. The lowest BCUT2D eigenvalue weighted by atomic mass is 10.0. The SMILES string of the molecule is COCC(CCCNC(=O)OC(C)(C)C)NC(C(N)=O)C(C)C. The summed E-state index contributed by atoms with van der Waals surface area (Å²) >= 11 is 0. The Labute approximate surface area is 139 Å². The Morgan fingerprint density at radius 2 is 1.83 bits per heavy atom. The molecule has 136 valence electrons. The van der Waals surface area contributed by atoms with Gasteiger partial charge in [0, 0.05) is 19.7 Å². The van der Waals surface area contributed by atoms with E-state index in [-0.39, 0.29) is 17.9 Å². The first kappa shape index (κ1) is 21.7. The number of alkyl carbamates (subject to hydrolysis) is 1. The van der Waals surface area contributed by atoms with Crippen LogP contribution in [0.1, 0.15) is 47.5 Å². The van der Waals surface area contributed by atoms with Crippen molar-refractivity contribution in [3.8, 4) is 0 Å². The second-order valence-corrected chi connectivity index (χ2v) is 7.01. The van der Waals surface area contributed by atoms with E-state index >= 15 is 0 Å². The van der Waals surface area contributed by atoms with Gasteiger partial charge in [-0.05, 0) is 39.5 Å². The molecule has 0 radical (unpaired) electrons. The lowest BCUT2D eigenvalue weighted by molar-refractivity contribution is -0.121. The van der Waals surface area contributed by atoms with Crippen molar-refractivity contribution in [3.05, 3.63) is 0 Å². The van der Waals surface area contributed by atoms with Gasteiger partial charge in [-0.15, -0.1) is 0 Å². The van der Waals surface area contributed by atoms with E-state index in [1.54, 1.807) is 7.11 Å². The smallest absolute Gasteiger partial charge is 0.407 e. The number of primary amides is 1. The van der Waals surface area contributed by atoms with Crippen LogP contribution >= 0.6 is 0 Å². The molecule has 0 aliphatic heterocycles. The number of carbonyl (C=O) groups is 2. The fraction of sp³-hybridized carbons (Fsp3) is 0.875. The second-order valence-electron chi connectivity index (χ2n) is 7.01. The molecular weight excluding hydrogens is 298 g/mol. The topological polar surface area (TPSA) is 103 Å². The van der Waals surface area contributed by atoms with Gasteiger partial charge in [0.15, 0.2) is 0 Å². The zero-order valence-corrected chi connectivity index (χ0v) is 15.3. The van der Waals surface area contributed by atoms with E-state index in [0.29, 0.717) is 13.2 Å². The molecule has 0 aromatic carbocycles. The fourth-order valence-electron chi connectivity index (χ4n) is 2.13. The lowest BCUT2D eigenvalue weighted by Crippen LogP contribution is -2.51. The number of carbonyl (C=O) groups excluding carboxylic acids is 2. The van der Waals surface area contributed by atoms with E-state index in [0.717, 1.165) is 12.8 Å². The Kier molecular flexibility index (Phi) is 9.83. The average molecular weight is 331 g/mol. The zero-order chi connectivity index (χ0) is 18.0. The molecule has 7 nitrogen and oxygen atoms in total. The third-order valence-corrected chi connectivity index (χ3v) is 3.15. The molecule has 7 heteroatoms. The summed E-state index contributed by atoms with van der Waals surface area (Å²) < 4.78 is 10.3. The normalized spacial score (nSPS) is 14.4. The highest BCUT2D eigenvalue weighted by atomic mass is 16.6. The quantitative estimate of drug-likeness (QED) is 0.525. The van der Waals surface area contributed by atoms with Crippen molar-refractivity contribution < 1.29 is 19.1 Å². The van der Waals surface area contributed by atoms with Crippen LogP contribution in [0, 0.1) is 5.92 Å². The molecule has 0 aromatic rings. The Balaban J connectivity index is 4.24. The van der Waals surface area contributed by atoms with Crippen molar-refractivity contribution in [1.29, 1.82) is 0 Å². The van der Waals surface area contributed by atoms with Crippen molar-refractivity contribution in [2.24, 2.45) is 11.7 Å². The second kappa shape index (κ2) is 10.4. The molecule has 0 heterocycles. The zero-order valence-electron chi connectivity index (χ0n) is 15.3. The van der Waals surface area contributed by atoms with Gasteiger partial charge in [-0.1, -0.05) is 13.8 Å². The highest BCUT2D eigenvalue weighted by Crippen LogP contribution is 2.08. The minimum absolute atomic E-state index is 0.000312. The van der Waals surface area contributed by atoms with Crippen molar-refractivity contribution in [2.75, 3.05) is 20.3 Å². The Hall–Kier alpha value is -1.34. The predicted octanol–water partition coefficient (Wildman–Crippen LogP) is 1.41. The highest BCUT2D eigenvalue weighted by Gasteiger charge is 2.23. The molecule has 0 aromatic heterocycles. The standard InChI is InChI=1S/C16H33N3O4/c1-11(2)13(14(17)20)19-12(10-22-6)8-7-9-18-15(21)23-16(3,4)5/h11-13,19H,7-10H2,1-6H3,(H2,17,20)(H,18,21). The maximum absolute atomic E-state index is 11.6. The summed E-state index contributed by atoms with van der Waals surface area (Å²) in [5.41, 5.74) is 4.92. The van der Waals surface area contributed by atoms with Gasteiger partial charge in [-0.25, -0.2) is 4.79 Å². The minimum Gasteiger partial charge on any atom is -0.444 e. The predicted molar refractivity (Wildman–Crippen MR) is 90.1 cm³/mol. The van der Waals surface area contributed by atoms with Crippen LogP contribution in [0.3, 0.4) is 0 Å². The summed E-state index contributed by atoms with van der Waals surface area (Å²) in [5, 5.41) is 5.95. The highest BCUT2D eigenvalue weighted by molar-refractivity contribution is 5.80. The van der Waals surface area contributed by atoms with E-state index in [9.17, 15) is 9.59 Å². The van der Waals surface area contributed by atoms with Gasteiger partial charge in [-0.2, -0.15) is 0 Å². The maximum atomic E-state index is 11.6. The summed E-state index contributed by atoms with van der Waals surface area (Å²) in [7, 11) is 1.61. The molecule has 2 unspecified atom stereocenters. The molecule has 0 rings (SSSR count). The van der Waals surface area contributed by atoms with Crippen LogP contribution < -0.4 is 16.4 Å². The molecule has 0 saturated carbocycles. The fourth-order valence-corrected chi connectivity index (χ4v) is 2.13. The van der Waals surface area contributed by atoms with Gasteiger partial charge in [0.1, 0.15) is 5.60 Å². The van der Waals surface area contributed by atoms with Crippen LogP contribution in [0.25, 0.3) is 0 Å². The molecule has 0 aliphatic rings. The van der Waals surface area contributed by atoms with Gasteiger partial charge >= 0.3 is 6.09 Å². The van der Waals surface area contributed by atoms with E-state index < -0.39 is 17.7 Å². The summed E-state index contributed by atoms with van der Waals surface area (Å²) in [4.78, 5) is 23.0. The van der Waals surface area contributed by atoms with Crippen molar-refractivity contribution in [2.45, 2.75) is 65.1 Å². The maximum Gasteiger partial charge on any atom is 0.407 e. The van der Waals surface area contributed by atoms with Crippen LogP contribution in [0.5, 0.6) is 0 Å². The lowest BCUT2D eigenvalue weighted by Gasteiger charge is -2.26. The first-order valence-electron chi connectivity index (χ1n) is 8.08. The third-order valence-electron chi connectivity index (χ3n) is 3.15. The molecule has 0 aliphatic carbocycles. The number of methoxy groups -OCH3 is 1. The van der Waals surface area contributed by atoms with Gasteiger partial charge in [0.05, 0.1) is 12.6 Å². The van der Waals surface area contributed by atoms with E-state index in [4.69, 9.17) is 15.2 Å². The van der Waals surface area contributed by atoms with Gasteiger partial charge in [0.25, 0.3) is 0 Å². The number of hydrogen-bond donors (Lipinski definition) is 3. The van der Waals surface area contributed by atoms with Crippen molar-refractivity contribution in [1.82, 2.24) is 10.6 Å². The number of ether oxygens (including phenoxy) is 2. The largest absolute Gasteiger partial charge is 0.444 e. The molecule has 2 amide bonds. The summed E-state index contributed by atoms with van der Waals surface area (Å²) in [6.45, 7) is 10.3. The van der Waals surface area contributed by atoms with Crippen LogP contribution in [-0.4, -0.2) is 49.9 Å². The number of amides is 2. The van der Waals surface area contributed by atoms with Crippen LogP contribution in [0.4, 0.5) is 4.79 Å². The van der Waals surface area contributed by atoms with Crippen LogP contribution in [0.2, 0.25) is 0 Å². The molecular formula is C16H33N3O4. The Morgan fingerprint density at radius 3 is 2.26 bits per heavy atom. The molecule has 0 bridgehead atoms. The molecule has 4 N–H and O–H groups in total. The van der Waals surface area contributed by atoms with E-state index in [1.807, 2.05) is 34.6 Å². The number of hydrogen-bond acceptors (Lipinski definition) is 5. The van der Waals surface area contributed by atoms with E-state index in [1.165, 1.54) is 0 Å².